The van der Waals surface area contributed by atoms with Crippen LogP contribution in [0.1, 0.15) is 110 Å². The van der Waals surface area contributed by atoms with Crippen LogP contribution < -0.4 is 5.32 Å². The van der Waals surface area contributed by atoms with E-state index in [2.05, 4.69) is 55.6 Å². The molecule has 1 amide bonds. The Kier molecular flexibility index (Phi) is 24.0. The molecule has 38 heavy (non-hydrogen) atoms. The third-order valence-electron chi connectivity index (χ3n) is 5.96. The van der Waals surface area contributed by atoms with Crippen LogP contribution in [0.5, 0.6) is 0 Å². The van der Waals surface area contributed by atoms with Crippen LogP contribution in [0.4, 0.5) is 0 Å². The number of hydrogen-bond donors (Lipinski definition) is 3. The van der Waals surface area contributed by atoms with Crippen molar-refractivity contribution in [2.24, 2.45) is 0 Å². The van der Waals surface area contributed by atoms with E-state index in [4.69, 9.17) is 0 Å². The number of unbranched alkanes of at least 4 members (excludes halogenated alkanes) is 8. The number of carbonyl (C=O) groups excluding carboxylic acids is 1. The van der Waals surface area contributed by atoms with Gasteiger partial charge in [-0.1, -0.05) is 120 Å². The van der Waals surface area contributed by atoms with E-state index in [1.165, 1.54) is 44.6 Å². The monoisotopic (exact) mass is 551 g/mol. The van der Waals surface area contributed by atoms with E-state index in [0.717, 1.165) is 44.9 Å². The molecule has 0 aromatic heterocycles. The Labute approximate surface area is 232 Å². The summed E-state index contributed by atoms with van der Waals surface area (Å²) in [5.74, 6) is -1.09. The van der Waals surface area contributed by atoms with Crippen LogP contribution in [0.15, 0.2) is 60.8 Å². The third-order valence-corrected chi connectivity index (χ3v) is 6.74. The first-order chi connectivity index (χ1) is 18.3. The molecule has 0 aliphatic heterocycles. The maximum atomic E-state index is 12.3. The molecule has 2 unspecified atom stereocenters. The molecule has 218 valence electrons. The third kappa shape index (κ3) is 25.7. The lowest BCUT2D eigenvalue weighted by Gasteiger charge is -2.20. The lowest BCUT2D eigenvalue weighted by Crippen LogP contribution is -2.46. The highest BCUT2D eigenvalue weighted by Crippen LogP contribution is 2.10. The molecule has 7 heteroatoms. The fraction of sp³-hybridized carbons (Fsp3) is 0.645. The molecular weight excluding hydrogens is 498 g/mol. The Morgan fingerprint density at radius 2 is 1.26 bits per heavy atom. The van der Waals surface area contributed by atoms with Gasteiger partial charge in [-0.15, -0.1) is 0 Å². The predicted octanol–water partition coefficient (Wildman–Crippen LogP) is 7.39. The summed E-state index contributed by atoms with van der Waals surface area (Å²) in [6.07, 6.45) is 33.6. The second kappa shape index (κ2) is 25.3. The molecule has 0 radical (unpaired) electrons. The molecule has 0 aromatic rings. The molecule has 6 nitrogen and oxygen atoms in total. The lowest BCUT2D eigenvalue weighted by molar-refractivity contribution is -0.122. The molecule has 0 heterocycles. The molecule has 0 saturated carbocycles. The molecule has 0 spiro atoms. The average molecular weight is 552 g/mol. The first-order valence-electron chi connectivity index (χ1n) is 14.5. The van der Waals surface area contributed by atoms with Crippen molar-refractivity contribution in [2.45, 2.75) is 122 Å². The average Bonchev–Trinajstić information content (AvgIpc) is 2.86. The van der Waals surface area contributed by atoms with Gasteiger partial charge >= 0.3 is 0 Å². The van der Waals surface area contributed by atoms with Gasteiger partial charge in [0.25, 0.3) is 10.1 Å². The van der Waals surface area contributed by atoms with Gasteiger partial charge in [0.05, 0.1) is 17.9 Å². The van der Waals surface area contributed by atoms with Crippen molar-refractivity contribution in [3.63, 3.8) is 0 Å². The Morgan fingerprint density at radius 1 is 0.737 bits per heavy atom. The van der Waals surface area contributed by atoms with E-state index in [0.29, 0.717) is 6.42 Å². The topological polar surface area (TPSA) is 104 Å². The molecule has 3 N–H and O–H groups in total. The first-order valence-corrected chi connectivity index (χ1v) is 16.1. The second-order valence-corrected chi connectivity index (χ2v) is 11.1. The number of allylic oxidation sites excluding steroid dienone is 9. The zero-order chi connectivity index (χ0) is 28.3. The van der Waals surface area contributed by atoms with E-state index < -0.39 is 28.0 Å². The number of aliphatic hydroxyl groups excluding tert-OH is 1. The zero-order valence-electron chi connectivity index (χ0n) is 23.8. The molecule has 0 fully saturated rings. The Bertz CT molecular complexity index is 827. The largest absolute Gasteiger partial charge is 0.387 e. The summed E-state index contributed by atoms with van der Waals surface area (Å²) in [5, 5.41) is 13.0. The SMILES string of the molecule is CC/C=C\C/C=C\C/C=C\C/C=C\CCC(=O)NC(CS(=O)(=O)O)C(O)/C=C/CCCCCCCCCC. The molecule has 0 saturated heterocycles. The van der Waals surface area contributed by atoms with Gasteiger partial charge < -0.3 is 10.4 Å². The number of carbonyl (C=O) groups is 1. The Morgan fingerprint density at radius 3 is 1.82 bits per heavy atom. The molecule has 0 rings (SSSR count). The van der Waals surface area contributed by atoms with Gasteiger partial charge in [-0.2, -0.15) is 8.42 Å². The van der Waals surface area contributed by atoms with E-state index in [9.17, 15) is 22.9 Å². The summed E-state index contributed by atoms with van der Waals surface area (Å²) in [4.78, 5) is 12.3. The number of hydrogen-bond acceptors (Lipinski definition) is 4. The van der Waals surface area contributed by atoms with Crippen LogP contribution in [-0.2, 0) is 14.9 Å². The molecule has 2 atom stereocenters. The van der Waals surface area contributed by atoms with E-state index in [1.54, 1.807) is 0 Å². The fourth-order valence-corrected chi connectivity index (χ4v) is 4.54. The molecular formula is C31H53NO5S. The number of aliphatic hydroxyl groups is 1. The van der Waals surface area contributed by atoms with Crippen molar-refractivity contribution >= 4 is 16.0 Å². The highest BCUT2D eigenvalue weighted by molar-refractivity contribution is 7.85. The highest BCUT2D eigenvalue weighted by atomic mass is 32.2. The second-order valence-electron chi connectivity index (χ2n) is 9.64. The maximum Gasteiger partial charge on any atom is 0.267 e. The van der Waals surface area contributed by atoms with Crippen molar-refractivity contribution in [1.29, 1.82) is 0 Å². The van der Waals surface area contributed by atoms with Crippen LogP contribution in [0.3, 0.4) is 0 Å². The van der Waals surface area contributed by atoms with Gasteiger partial charge in [0, 0.05) is 6.42 Å². The van der Waals surface area contributed by atoms with Gasteiger partial charge in [0.15, 0.2) is 0 Å². The molecule has 0 aliphatic carbocycles. The Balaban J connectivity index is 4.30. The number of amides is 1. The van der Waals surface area contributed by atoms with Crippen molar-refractivity contribution < 1.29 is 22.9 Å². The highest BCUT2D eigenvalue weighted by Gasteiger charge is 2.24. The summed E-state index contributed by atoms with van der Waals surface area (Å²) in [6.45, 7) is 4.33. The van der Waals surface area contributed by atoms with Crippen LogP contribution in [0, 0.1) is 0 Å². The van der Waals surface area contributed by atoms with Crippen molar-refractivity contribution in [2.75, 3.05) is 5.75 Å². The van der Waals surface area contributed by atoms with Gasteiger partial charge in [-0.25, -0.2) is 0 Å². The minimum Gasteiger partial charge on any atom is -0.387 e. The standard InChI is InChI=1S/C31H53NO5S/c1-3-5-7-9-11-13-15-16-17-19-21-23-25-27-31(34)32-29(28-38(35,36)37)30(33)26-24-22-20-18-14-12-10-8-6-4-2/h5,7,11,13,16-17,21,23-24,26,29-30,33H,3-4,6,8-10,12,14-15,18-20,22,25,27-28H2,1-2H3,(H,32,34)(H,35,36,37)/b7-5-,13-11-,17-16-,23-21-,26-24+. The van der Waals surface area contributed by atoms with Crippen molar-refractivity contribution in [3.8, 4) is 0 Å². The van der Waals surface area contributed by atoms with E-state index in [1.807, 2.05) is 18.2 Å². The van der Waals surface area contributed by atoms with Crippen LogP contribution in [0.2, 0.25) is 0 Å². The van der Waals surface area contributed by atoms with Crippen molar-refractivity contribution in [3.05, 3.63) is 60.8 Å². The van der Waals surface area contributed by atoms with Gasteiger partial charge in [-0.05, 0) is 44.9 Å². The summed E-state index contributed by atoms with van der Waals surface area (Å²) >= 11 is 0. The minimum absolute atomic E-state index is 0.172. The number of rotatable bonds is 24. The van der Waals surface area contributed by atoms with Crippen LogP contribution in [-0.4, -0.2) is 41.9 Å². The number of nitrogens with one attached hydrogen (secondary N) is 1. The minimum atomic E-state index is -4.35. The Hall–Kier alpha value is -1.96. The van der Waals surface area contributed by atoms with Crippen LogP contribution in [0.25, 0.3) is 0 Å². The maximum absolute atomic E-state index is 12.3. The zero-order valence-corrected chi connectivity index (χ0v) is 24.6. The van der Waals surface area contributed by atoms with Crippen LogP contribution >= 0.6 is 0 Å². The first kappa shape index (κ1) is 36.0. The van der Waals surface area contributed by atoms with E-state index in [-0.39, 0.29) is 12.3 Å². The normalized spacial score (nSPS) is 14.5. The summed E-state index contributed by atoms with van der Waals surface area (Å²) in [6, 6.07) is -1.09. The molecule has 0 aromatic carbocycles. The van der Waals surface area contributed by atoms with Gasteiger partial charge in [0.1, 0.15) is 0 Å². The fourth-order valence-electron chi connectivity index (χ4n) is 3.81. The molecule has 0 aliphatic rings. The quantitative estimate of drug-likeness (QED) is 0.0659. The summed E-state index contributed by atoms with van der Waals surface area (Å²) in [5.41, 5.74) is 0. The predicted molar refractivity (Wildman–Crippen MR) is 161 cm³/mol. The molecule has 0 bridgehead atoms. The van der Waals surface area contributed by atoms with Gasteiger partial charge in [0.2, 0.25) is 5.91 Å². The van der Waals surface area contributed by atoms with Crippen molar-refractivity contribution in [1.82, 2.24) is 5.32 Å². The lowest BCUT2D eigenvalue weighted by atomic mass is 10.1. The van der Waals surface area contributed by atoms with Gasteiger partial charge in [-0.3, -0.25) is 9.35 Å². The smallest absolute Gasteiger partial charge is 0.267 e. The summed E-state index contributed by atoms with van der Waals surface area (Å²) < 4.78 is 32.1. The van der Waals surface area contributed by atoms with E-state index >= 15 is 0 Å². The summed E-state index contributed by atoms with van der Waals surface area (Å²) in [7, 11) is -4.35.